The molecule has 2 N–H and O–H groups in total. The molecule has 0 saturated heterocycles. The third kappa shape index (κ3) is 5.93. The van der Waals surface area contributed by atoms with Gasteiger partial charge in [-0.3, -0.25) is 14.5 Å². The van der Waals surface area contributed by atoms with Gasteiger partial charge in [-0.05, 0) is 48.7 Å². The third-order valence-corrected chi connectivity index (χ3v) is 5.27. The Bertz CT molecular complexity index is 1270. The molecule has 3 heterocycles. The van der Waals surface area contributed by atoms with Gasteiger partial charge in [0.15, 0.2) is 0 Å². The van der Waals surface area contributed by atoms with Gasteiger partial charge in [-0.25, -0.2) is 9.37 Å². The minimum Gasteiger partial charge on any atom is -0.473 e. The van der Waals surface area contributed by atoms with E-state index in [1.54, 1.807) is 29.2 Å². The van der Waals surface area contributed by atoms with E-state index < -0.39 is 0 Å². The molecule has 0 spiro atoms. The average molecular weight is 464 g/mol. The number of fused-ring (bicyclic) bond motifs is 1. The van der Waals surface area contributed by atoms with Crippen LogP contribution in [0, 0.1) is 12.7 Å². The monoisotopic (exact) mass is 463 g/mol. The zero-order valence-electron chi connectivity index (χ0n) is 18.9. The summed E-state index contributed by atoms with van der Waals surface area (Å²) in [5.41, 5.74) is 4.12. The first-order valence-corrected chi connectivity index (χ1v) is 11.0. The number of pyridine rings is 2. The summed E-state index contributed by atoms with van der Waals surface area (Å²) in [6, 6.07) is 9.98. The van der Waals surface area contributed by atoms with Crippen LogP contribution in [0.4, 0.5) is 4.39 Å². The zero-order chi connectivity index (χ0) is 23.9. The van der Waals surface area contributed by atoms with E-state index in [0.29, 0.717) is 37.7 Å². The number of hydrogen-bond donors (Lipinski definition) is 2. The van der Waals surface area contributed by atoms with Crippen LogP contribution in [0.3, 0.4) is 0 Å². The number of aliphatic hydroxyl groups excluding tert-OH is 1. The molecule has 0 radical (unpaired) electrons. The number of amides is 1. The summed E-state index contributed by atoms with van der Waals surface area (Å²) in [6.07, 6.45) is 5.94. The zero-order valence-corrected chi connectivity index (χ0v) is 18.9. The molecule has 0 aliphatic carbocycles. The molecule has 34 heavy (non-hydrogen) atoms. The number of hydrogen-bond acceptors (Lipinski definition) is 6. The first-order valence-electron chi connectivity index (χ1n) is 11.0. The number of benzene rings is 1. The molecule has 1 aromatic carbocycles. The maximum atomic E-state index is 13.1. The number of aliphatic hydroxyl groups is 1. The predicted octanol–water partition coefficient (Wildman–Crippen LogP) is 2.94. The normalized spacial score (nSPS) is 11.0. The van der Waals surface area contributed by atoms with E-state index in [4.69, 9.17) is 9.84 Å². The highest BCUT2D eigenvalue weighted by Gasteiger charge is 2.12. The molecule has 176 valence electrons. The molecule has 0 aliphatic heterocycles. The van der Waals surface area contributed by atoms with Crippen molar-refractivity contribution in [3.05, 3.63) is 83.2 Å². The number of carbonyl (C=O) groups excluding carboxylic acids is 1. The van der Waals surface area contributed by atoms with Gasteiger partial charge in [0.2, 0.25) is 11.8 Å². The van der Waals surface area contributed by atoms with Gasteiger partial charge in [-0.15, -0.1) is 0 Å². The van der Waals surface area contributed by atoms with Gasteiger partial charge >= 0.3 is 0 Å². The Balaban J connectivity index is 1.42. The highest BCUT2D eigenvalue weighted by molar-refractivity contribution is 5.86. The number of nitrogens with one attached hydrogen (secondary N) is 1. The molecule has 8 nitrogen and oxygen atoms in total. The molecule has 9 heteroatoms. The summed E-state index contributed by atoms with van der Waals surface area (Å²) in [5, 5.41) is 17.1. The largest absolute Gasteiger partial charge is 0.473 e. The second kappa shape index (κ2) is 10.8. The van der Waals surface area contributed by atoms with E-state index in [-0.39, 0.29) is 24.8 Å². The molecule has 1 amide bonds. The van der Waals surface area contributed by atoms with Crippen LogP contribution in [0.25, 0.3) is 10.9 Å². The van der Waals surface area contributed by atoms with Crippen molar-refractivity contribution in [1.29, 1.82) is 0 Å². The quantitative estimate of drug-likeness (QED) is 0.351. The number of nitrogens with zero attached hydrogens (tertiary/aromatic N) is 4. The Kier molecular flexibility index (Phi) is 7.44. The number of rotatable bonds is 10. The molecule has 0 bridgehead atoms. The molecule has 0 saturated carbocycles. The van der Waals surface area contributed by atoms with Gasteiger partial charge < -0.3 is 15.2 Å². The van der Waals surface area contributed by atoms with Crippen molar-refractivity contribution in [2.75, 3.05) is 13.2 Å². The first kappa shape index (κ1) is 23.3. The van der Waals surface area contributed by atoms with Crippen molar-refractivity contribution in [1.82, 2.24) is 25.1 Å². The standard InChI is InChI=1S/C25H26FN5O3/c1-17-11-19(13-29-25(17)34-16-18-3-5-20(26)6-4-18)14-31-15-21-22(30-31)7-9-27-23(21)12-24(33)28-8-2-10-32/h3-7,9,11,13,15,32H,2,8,10,12,14,16H2,1H3,(H,28,33). The van der Waals surface area contributed by atoms with Crippen LogP contribution in [0.2, 0.25) is 0 Å². The fraction of sp³-hybridized carbons (Fsp3) is 0.280. The van der Waals surface area contributed by atoms with Gasteiger partial charge in [-0.2, -0.15) is 5.10 Å². The molecule has 0 unspecified atom stereocenters. The molecule has 0 aliphatic rings. The maximum absolute atomic E-state index is 13.1. The highest BCUT2D eigenvalue weighted by atomic mass is 19.1. The fourth-order valence-electron chi connectivity index (χ4n) is 3.57. The lowest BCUT2D eigenvalue weighted by Crippen LogP contribution is -2.26. The van der Waals surface area contributed by atoms with E-state index in [9.17, 15) is 9.18 Å². The fourth-order valence-corrected chi connectivity index (χ4v) is 3.57. The summed E-state index contributed by atoms with van der Waals surface area (Å²) in [6.45, 7) is 3.20. The van der Waals surface area contributed by atoms with Crippen LogP contribution < -0.4 is 10.1 Å². The average Bonchev–Trinajstić information content (AvgIpc) is 3.23. The Morgan fingerprint density at radius 1 is 1.18 bits per heavy atom. The number of halogens is 1. The number of aryl methyl sites for hydroxylation is 1. The molecule has 4 aromatic rings. The molecule has 0 atom stereocenters. The number of aromatic nitrogens is 4. The summed E-state index contributed by atoms with van der Waals surface area (Å²) in [4.78, 5) is 21.0. The van der Waals surface area contributed by atoms with Crippen molar-refractivity contribution >= 4 is 16.8 Å². The van der Waals surface area contributed by atoms with Crippen molar-refractivity contribution in [2.24, 2.45) is 0 Å². The summed E-state index contributed by atoms with van der Waals surface area (Å²) in [7, 11) is 0. The van der Waals surface area contributed by atoms with Crippen molar-refractivity contribution in [3.8, 4) is 5.88 Å². The molecular formula is C25H26FN5O3. The van der Waals surface area contributed by atoms with Crippen LogP contribution in [0.5, 0.6) is 5.88 Å². The van der Waals surface area contributed by atoms with Crippen LogP contribution in [0.15, 0.2) is 55.0 Å². The van der Waals surface area contributed by atoms with E-state index in [1.165, 1.54) is 12.1 Å². The first-order chi connectivity index (χ1) is 16.5. The molecule has 4 rings (SSSR count). The summed E-state index contributed by atoms with van der Waals surface area (Å²) in [5.74, 6) is 0.104. The third-order valence-electron chi connectivity index (χ3n) is 5.27. The number of ether oxygens (including phenoxy) is 1. The molecular weight excluding hydrogens is 437 g/mol. The topological polar surface area (TPSA) is 102 Å². The van der Waals surface area contributed by atoms with Gasteiger partial charge in [0.1, 0.15) is 12.4 Å². The van der Waals surface area contributed by atoms with Gasteiger partial charge in [0.25, 0.3) is 0 Å². The van der Waals surface area contributed by atoms with Gasteiger partial charge in [0, 0.05) is 42.7 Å². The summed E-state index contributed by atoms with van der Waals surface area (Å²) >= 11 is 0. The second-order valence-corrected chi connectivity index (χ2v) is 8.00. The minimum atomic E-state index is -0.280. The maximum Gasteiger partial charge on any atom is 0.226 e. The smallest absolute Gasteiger partial charge is 0.226 e. The predicted molar refractivity (Wildman–Crippen MR) is 125 cm³/mol. The molecule has 0 fully saturated rings. The highest BCUT2D eigenvalue weighted by Crippen LogP contribution is 2.20. The van der Waals surface area contributed by atoms with Crippen molar-refractivity contribution in [2.45, 2.75) is 32.9 Å². The van der Waals surface area contributed by atoms with Gasteiger partial charge in [-0.1, -0.05) is 12.1 Å². The Morgan fingerprint density at radius 2 is 2.00 bits per heavy atom. The summed E-state index contributed by atoms with van der Waals surface area (Å²) < 4.78 is 20.6. The van der Waals surface area contributed by atoms with E-state index >= 15 is 0 Å². The van der Waals surface area contributed by atoms with Crippen molar-refractivity contribution in [3.63, 3.8) is 0 Å². The second-order valence-electron chi connectivity index (χ2n) is 8.00. The van der Waals surface area contributed by atoms with E-state index in [1.807, 2.05) is 25.3 Å². The number of carbonyl (C=O) groups is 1. The van der Waals surface area contributed by atoms with Crippen LogP contribution >= 0.6 is 0 Å². The lowest BCUT2D eigenvalue weighted by Gasteiger charge is -2.10. The van der Waals surface area contributed by atoms with E-state index in [0.717, 1.165) is 27.6 Å². The van der Waals surface area contributed by atoms with Crippen LogP contribution in [0.1, 0.15) is 28.8 Å². The Morgan fingerprint density at radius 3 is 2.76 bits per heavy atom. The SMILES string of the molecule is Cc1cc(Cn2cc3c(CC(=O)NCCCO)nccc3n2)cnc1OCc1ccc(F)cc1. The Labute approximate surface area is 196 Å². The minimum absolute atomic E-state index is 0.0383. The molecule has 3 aromatic heterocycles. The van der Waals surface area contributed by atoms with E-state index in [2.05, 4.69) is 20.4 Å². The van der Waals surface area contributed by atoms with Crippen LogP contribution in [-0.2, 0) is 24.4 Å². The van der Waals surface area contributed by atoms with Crippen molar-refractivity contribution < 1.29 is 19.0 Å². The lowest BCUT2D eigenvalue weighted by molar-refractivity contribution is -0.120. The van der Waals surface area contributed by atoms with Gasteiger partial charge in [0.05, 0.1) is 24.2 Å². The lowest BCUT2D eigenvalue weighted by atomic mass is 10.2. The Hall–Kier alpha value is -3.85. The van der Waals surface area contributed by atoms with Crippen LogP contribution in [-0.4, -0.2) is 43.9 Å².